The molecule has 0 spiro atoms. The van der Waals surface area contributed by atoms with Crippen molar-refractivity contribution < 1.29 is 0 Å². The summed E-state index contributed by atoms with van der Waals surface area (Å²) in [4.78, 5) is 8.51. The predicted octanol–water partition coefficient (Wildman–Crippen LogP) is 3.04. The van der Waals surface area contributed by atoms with Crippen molar-refractivity contribution in [2.45, 2.75) is 13.5 Å². The van der Waals surface area contributed by atoms with Crippen LogP contribution in [0.2, 0.25) is 0 Å². The molecular weight excluding hydrogens is 260 g/mol. The van der Waals surface area contributed by atoms with Crippen LogP contribution in [0, 0.1) is 0 Å². The van der Waals surface area contributed by atoms with E-state index in [1.54, 1.807) is 6.20 Å². The Morgan fingerprint density at radius 2 is 1.95 bits per heavy atom. The zero-order valence-electron chi connectivity index (χ0n) is 12.0. The third kappa shape index (κ3) is 2.85. The van der Waals surface area contributed by atoms with Gasteiger partial charge in [-0.25, -0.2) is 4.98 Å². The second-order valence-electron chi connectivity index (χ2n) is 4.80. The highest BCUT2D eigenvalue weighted by Crippen LogP contribution is 2.23. The van der Waals surface area contributed by atoms with E-state index in [9.17, 15) is 0 Å². The first-order valence-electron chi connectivity index (χ1n) is 7.12. The maximum absolute atomic E-state index is 4.31. The number of hydrogen-bond acceptors (Lipinski definition) is 3. The van der Waals surface area contributed by atoms with Gasteiger partial charge in [-0.2, -0.15) is 0 Å². The molecule has 0 amide bonds. The van der Waals surface area contributed by atoms with Gasteiger partial charge in [0.2, 0.25) is 0 Å². The van der Waals surface area contributed by atoms with Crippen LogP contribution in [0.5, 0.6) is 0 Å². The lowest BCUT2D eigenvalue weighted by atomic mass is 10.1. The fraction of sp³-hybridized carbons (Fsp3) is 0.176. The van der Waals surface area contributed by atoms with Crippen LogP contribution in [0.4, 0.5) is 0 Å². The molecule has 0 saturated carbocycles. The van der Waals surface area contributed by atoms with Gasteiger partial charge in [-0.1, -0.05) is 25.1 Å². The van der Waals surface area contributed by atoms with Crippen LogP contribution in [0.3, 0.4) is 0 Å². The molecule has 4 nitrogen and oxygen atoms in total. The molecule has 0 fully saturated rings. The number of benzene rings is 1. The fourth-order valence-electron chi connectivity index (χ4n) is 2.37. The summed E-state index contributed by atoms with van der Waals surface area (Å²) < 4.78 is 2.11. The van der Waals surface area contributed by atoms with Crippen LogP contribution in [0.25, 0.3) is 16.9 Å². The monoisotopic (exact) mass is 278 g/mol. The number of pyridine rings is 1. The number of nitrogens with one attached hydrogen (secondary N) is 1. The van der Waals surface area contributed by atoms with Crippen LogP contribution in [0.1, 0.15) is 12.5 Å². The summed E-state index contributed by atoms with van der Waals surface area (Å²) in [6, 6.07) is 12.4. The molecule has 0 atom stereocenters. The normalized spacial score (nSPS) is 10.7. The molecule has 3 aromatic rings. The van der Waals surface area contributed by atoms with E-state index in [1.807, 2.05) is 30.9 Å². The summed E-state index contributed by atoms with van der Waals surface area (Å²) in [6.45, 7) is 3.91. The van der Waals surface area contributed by atoms with Crippen molar-refractivity contribution >= 4 is 0 Å². The second-order valence-corrected chi connectivity index (χ2v) is 4.80. The molecule has 0 unspecified atom stereocenters. The number of nitrogens with zero attached hydrogens (tertiary/aromatic N) is 3. The lowest BCUT2D eigenvalue weighted by Gasteiger charge is -2.13. The smallest absolute Gasteiger partial charge is 0.0997 e. The Morgan fingerprint density at radius 3 is 2.76 bits per heavy atom. The lowest BCUT2D eigenvalue weighted by Crippen LogP contribution is -2.13. The van der Waals surface area contributed by atoms with Crippen molar-refractivity contribution in [3.8, 4) is 16.9 Å². The highest BCUT2D eigenvalue weighted by Gasteiger charge is 2.10. The summed E-state index contributed by atoms with van der Waals surface area (Å²) in [5.74, 6) is 0. The number of imidazole rings is 1. The van der Waals surface area contributed by atoms with E-state index in [0.29, 0.717) is 0 Å². The summed E-state index contributed by atoms with van der Waals surface area (Å²) in [5.41, 5.74) is 4.51. The molecule has 1 N–H and O–H groups in total. The molecule has 0 radical (unpaired) electrons. The SMILES string of the molecule is CCNCc1ccccc1-n1cncc1-c1cccnc1. The number of hydrogen-bond donors (Lipinski definition) is 1. The van der Waals surface area contributed by atoms with Crippen molar-refractivity contribution in [3.05, 3.63) is 66.9 Å². The van der Waals surface area contributed by atoms with Crippen LogP contribution >= 0.6 is 0 Å². The third-order valence-corrected chi connectivity index (χ3v) is 3.41. The molecule has 0 aliphatic heterocycles. The molecule has 1 aromatic carbocycles. The average Bonchev–Trinajstić information content (AvgIpc) is 3.03. The maximum Gasteiger partial charge on any atom is 0.0997 e. The summed E-state index contributed by atoms with van der Waals surface area (Å²) in [6.07, 6.45) is 7.37. The van der Waals surface area contributed by atoms with E-state index in [1.165, 1.54) is 5.56 Å². The zero-order chi connectivity index (χ0) is 14.5. The molecule has 0 aliphatic carbocycles. The van der Waals surface area contributed by atoms with E-state index >= 15 is 0 Å². The quantitative estimate of drug-likeness (QED) is 0.780. The van der Waals surface area contributed by atoms with Crippen LogP contribution < -0.4 is 5.32 Å². The average molecular weight is 278 g/mol. The largest absolute Gasteiger partial charge is 0.313 e. The van der Waals surface area contributed by atoms with Gasteiger partial charge >= 0.3 is 0 Å². The molecule has 106 valence electrons. The van der Waals surface area contributed by atoms with E-state index in [4.69, 9.17) is 0 Å². The Bertz CT molecular complexity index is 704. The van der Waals surface area contributed by atoms with Crippen molar-refractivity contribution in [1.29, 1.82) is 0 Å². The van der Waals surface area contributed by atoms with Gasteiger partial charge in [-0.15, -0.1) is 0 Å². The van der Waals surface area contributed by atoms with E-state index in [0.717, 1.165) is 30.0 Å². The summed E-state index contributed by atoms with van der Waals surface area (Å²) in [7, 11) is 0. The van der Waals surface area contributed by atoms with E-state index < -0.39 is 0 Å². The minimum atomic E-state index is 0.845. The van der Waals surface area contributed by atoms with Crippen molar-refractivity contribution in [2.24, 2.45) is 0 Å². The molecule has 2 heterocycles. The van der Waals surface area contributed by atoms with Gasteiger partial charge in [0.05, 0.1) is 23.9 Å². The van der Waals surface area contributed by atoms with Crippen LogP contribution in [-0.2, 0) is 6.54 Å². The van der Waals surface area contributed by atoms with Crippen LogP contribution in [-0.4, -0.2) is 21.1 Å². The number of aromatic nitrogens is 3. The van der Waals surface area contributed by atoms with Crippen molar-refractivity contribution in [3.63, 3.8) is 0 Å². The first-order chi connectivity index (χ1) is 10.4. The Balaban J connectivity index is 2.05. The molecule has 4 heteroatoms. The number of para-hydroxylation sites is 1. The minimum Gasteiger partial charge on any atom is -0.313 e. The van der Waals surface area contributed by atoms with Gasteiger partial charge in [-0.05, 0) is 30.3 Å². The topological polar surface area (TPSA) is 42.7 Å². The lowest BCUT2D eigenvalue weighted by molar-refractivity contribution is 0.722. The van der Waals surface area contributed by atoms with Gasteiger partial charge in [-0.3, -0.25) is 9.55 Å². The number of rotatable bonds is 5. The highest BCUT2D eigenvalue weighted by atomic mass is 15.1. The first-order valence-corrected chi connectivity index (χ1v) is 7.12. The van der Waals surface area contributed by atoms with Gasteiger partial charge < -0.3 is 5.32 Å². The Kier molecular flexibility index (Phi) is 4.07. The van der Waals surface area contributed by atoms with E-state index in [2.05, 4.69) is 51.0 Å². The van der Waals surface area contributed by atoms with Crippen molar-refractivity contribution in [1.82, 2.24) is 19.9 Å². The second kappa shape index (κ2) is 6.33. The highest BCUT2D eigenvalue weighted by molar-refractivity contribution is 5.61. The molecular formula is C17H18N4. The summed E-state index contributed by atoms with van der Waals surface area (Å²) in [5, 5.41) is 3.38. The predicted molar refractivity (Wildman–Crippen MR) is 84.2 cm³/mol. The molecule has 0 bridgehead atoms. The van der Waals surface area contributed by atoms with Crippen LogP contribution in [0.15, 0.2) is 61.3 Å². The molecule has 2 aromatic heterocycles. The molecule has 0 saturated heterocycles. The third-order valence-electron chi connectivity index (χ3n) is 3.41. The molecule has 0 aliphatic rings. The maximum atomic E-state index is 4.31. The van der Waals surface area contributed by atoms with Crippen molar-refractivity contribution in [2.75, 3.05) is 6.54 Å². The molecule has 21 heavy (non-hydrogen) atoms. The van der Waals surface area contributed by atoms with E-state index in [-0.39, 0.29) is 0 Å². The summed E-state index contributed by atoms with van der Waals surface area (Å²) >= 11 is 0. The Hall–Kier alpha value is -2.46. The van der Waals surface area contributed by atoms with Gasteiger partial charge in [0.25, 0.3) is 0 Å². The Morgan fingerprint density at radius 1 is 1.05 bits per heavy atom. The standard InChI is InChI=1S/C17H18N4/c1-2-18-10-14-6-3-4-8-16(14)21-13-20-12-17(21)15-7-5-9-19-11-15/h3-9,11-13,18H,2,10H2,1H3. The Labute approximate surface area is 124 Å². The molecule has 3 rings (SSSR count). The zero-order valence-corrected chi connectivity index (χ0v) is 12.0. The van der Waals surface area contributed by atoms with Gasteiger partial charge in [0, 0.05) is 24.5 Å². The van der Waals surface area contributed by atoms with Gasteiger partial charge in [0.1, 0.15) is 0 Å². The fourth-order valence-corrected chi connectivity index (χ4v) is 2.37. The minimum absolute atomic E-state index is 0.845. The van der Waals surface area contributed by atoms with Gasteiger partial charge in [0.15, 0.2) is 0 Å². The first kappa shape index (κ1) is 13.5.